The van der Waals surface area contributed by atoms with Crippen LogP contribution < -0.4 is 0 Å². The Morgan fingerprint density at radius 1 is 1.50 bits per heavy atom. The summed E-state index contributed by atoms with van der Waals surface area (Å²) in [6, 6.07) is 8.19. The van der Waals surface area contributed by atoms with Gasteiger partial charge in [0.2, 0.25) is 0 Å². The molecule has 2 heteroatoms. The monoisotopic (exact) mass is 190 g/mol. The quantitative estimate of drug-likeness (QED) is 0.540. The average molecular weight is 190 g/mol. The number of esters is 1. The molecule has 1 rings (SSSR count). The molecule has 0 saturated carbocycles. The zero-order chi connectivity index (χ0) is 10.4. The van der Waals surface area contributed by atoms with Gasteiger partial charge >= 0.3 is 5.97 Å². The summed E-state index contributed by atoms with van der Waals surface area (Å²) in [5.41, 5.74) is 2.43. The van der Waals surface area contributed by atoms with E-state index in [1.165, 1.54) is 24.3 Å². The standard InChI is InChI=1S/C12H14O2/c1-10-5-3-6-11(9-10)7-4-8-12(13)14-2/h3-6,8-9H,7H2,1-2H3. The lowest BCUT2D eigenvalue weighted by Gasteiger charge is -1.97. The Morgan fingerprint density at radius 2 is 2.29 bits per heavy atom. The number of carbonyl (C=O) groups is 1. The zero-order valence-corrected chi connectivity index (χ0v) is 8.49. The zero-order valence-electron chi connectivity index (χ0n) is 8.49. The van der Waals surface area contributed by atoms with E-state index in [2.05, 4.69) is 10.8 Å². The third-order valence-corrected chi connectivity index (χ3v) is 1.89. The van der Waals surface area contributed by atoms with Gasteiger partial charge in [-0.3, -0.25) is 0 Å². The van der Waals surface area contributed by atoms with Crippen LogP contribution in [0, 0.1) is 6.92 Å². The van der Waals surface area contributed by atoms with Gasteiger partial charge in [-0.15, -0.1) is 0 Å². The number of benzene rings is 1. The van der Waals surface area contributed by atoms with Crippen molar-refractivity contribution in [2.24, 2.45) is 0 Å². The molecule has 2 nitrogen and oxygen atoms in total. The molecule has 0 radical (unpaired) electrons. The summed E-state index contributed by atoms with van der Waals surface area (Å²) < 4.78 is 4.49. The highest BCUT2D eigenvalue weighted by Crippen LogP contribution is 2.04. The average Bonchev–Trinajstić information content (AvgIpc) is 2.17. The van der Waals surface area contributed by atoms with Gasteiger partial charge in [0.25, 0.3) is 0 Å². The van der Waals surface area contributed by atoms with Crippen LogP contribution >= 0.6 is 0 Å². The van der Waals surface area contributed by atoms with E-state index < -0.39 is 0 Å². The molecule has 0 amide bonds. The van der Waals surface area contributed by atoms with Gasteiger partial charge in [-0.2, -0.15) is 0 Å². The van der Waals surface area contributed by atoms with Crippen LogP contribution in [0.4, 0.5) is 0 Å². The predicted octanol–water partition coefficient (Wildman–Crippen LogP) is 2.27. The Labute approximate surface area is 84.2 Å². The van der Waals surface area contributed by atoms with E-state index in [4.69, 9.17) is 0 Å². The van der Waals surface area contributed by atoms with Gasteiger partial charge in [-0.25, -0.2) is 4.79 Å². The fourth-order valence-electron chi connectivity index (χ4n) is 1.20. The van der Waals surface area contributed by atoms with Gasteiger partial charge in [0.15, 0.2) is 0 Å². The van der Waals surface area contributed by atoms with Gasteiger partial charge in [0.05, 0.1) is 7.11 Å². The first-order valence-electron chi connectivity index (χ1n) is 4.52. The maximum absolute atomic E-state index is 10.8. The van der Waals surface area contributed by atoms with Crippen molar-refractivity contribution in [2.75, 3.05) is 7.11 Å². The number of aryl methyl sites for hydroxylation is 1. The fraction of sp³-hybridized carbons (Fsp3) is 0.250. The lowest BCUT2D eigenvalue weighted by Crippen LogP contribution is -1.94. The van der Waals surface area contributed by atoms with Gasteiger partial charge in [0, 0.05) is 6.08 Å². The summed E-state index contributed by atoms with van der Waals surface area (Å²) in [4.78, 5) is 10.8. The van der Waals surface area contributed by atoms with Crippen molar-refractivity contribution >= 4 is 5.97 Å². The van der Waals surface area contributed by atoms with Crippen LogP contribution in [0.15, 0.2) is 36.4 Å². The minimum atomic E-state index is -0.308. The predicted molar refractivity (Wildman–Crippen MR) is 56.0 cm³/mol. The maximum atomic E-state index is 10.8. The molecule has 0 heterocycles. The SMILES string of the molecule is COC(=O)C=CCc1cccc(C)c1. The Hall–Kier alpha value is -1.57. The Morgan fingerprint density at radius 3 is 2.93 bits per heavy atom. The summed E-state index contributed by atoms with van der Waals surface area (Å²) in [7, 11) is 1.37. The Kier molecular flexibility index (Phi) is 3.92. The third-order valence-electron chi connectivity index (χ3n) is 1.89. The van der Waals surface area contributed by atoms with E-state index in [0.717, 1.165) is 6.42 Å². The van der Waals surface area contributed by atoms with Gasteiger partial charge in [0.1, 0.15) is 0 Å². The number of hydrogen-bond donors (Lipinski definition) is 0. The van der Waals surface area contributed by atoms with E-state index in [-0.39, 0.29) is 5.97 Å². The van der Waals surface area contributed by atoms with Crippen LogP contribution in [0.25, 0.3) is 0 Å². The molecule has 0 aromatic heterocycles. The first-order valence-corrected chi connectivity index (χ1v) is 4.52. The van der Waals surface area contributed by atoms with Crippen LogP contribution in [0.3, 0.4) is 0 Å². The van der Waals surface area contributed by atoms with E-state index in [1.807, 2.05) is 25.1 Å². The number of rotatable bonds is 3. The topological polar surface area (TPSA) is 26.3 Å². The van der Waals surface area contributed by atoms with Gasteiger partial charge < -0.3 is 4.74 Å². The molecule has 1 aromatic rings. The lowest BCUT2D eigenvalue weighted by molar-refractivity contribution is -0.134. The second-order valence-electron chi connectivity index (χ2n) is 3.12. The summed E-state index contributed by atoms with van der Waals surface area (Å²) in [6.07, 6.45) is 4.01. The fourth-order valence-corrected chi connectivity index (χ4v) is 1.20. The molecule has 0 aliphatic carbocycles. The van der Waals surface area contributed by atoms with Crippen molar-refractivity contribution in [3.05, 3.63) is 47.5 Å². The molecule has 0 unspecified atom stereocenters. The largest absolute Gasteiger partial charge is 0.466 e. The molecular formula is C12H14O2. The smallest absolute Gasteiger partial charge is 0.330 e. The van der Waals surface area contributed by atoms with Crippen molar-refractivity contribution in [2.45, 2.75) is 13.3 Å². The highest BCUT2D eigenvalue weighted by Gasteiger charge is 1.92. The number of carbonyl (C=O) groups excluding carboxylic acids is 1. The minimum Gasteiger partial charge on any atom is -0.466 e. The number of methoxy groups -OCH3 is 1. The van der Waals surface area contributed by atoms with E-state index in [0.29, 0.717) is 0 Å². The summed E-state index contributed by atoms with van der Waals surface area (Å²) in [6.45, 7) is 2.05. The molecule has 0 fully saturated rings. The van der Waals surface area contributed by atoms with Crippen molar-refractivity contribution in [1.82, 2.24) is 0 Å². The van der Waals surface area contributed by atoms with Crippen molar-refractivity contribution in [1.29, 1.82) is 0 Å². The second kappa shape index (κ2) is 5.22. The molecule has 14 heavy (non-hydrogen) atoms. The van der Waals surface area contributed by atoms with Crippen LogP contribution in [-0.4, -0.2) is 13.1 Å². The first kappa shape index (κ1) is 10.5. The lowest BCUT2D eigenvalue weighted by atomic mass is 10.1. The summed E-state index contributed by atoms with van der Waals surface area (Å²) in [5.74, 6) is -0.308. The van der Waals surface area contributed by atoms with Crippen molar-refractivity contribution in [3.8, 4) is 0 Å². The van der Waals surface area contributed by atoms with Crippen LogP contribution in [0.1, 0.15) is 11.1 Å². The third kappa shape index (κ3) is 3.44. The van der Waals surface area contributed by atoms with Gasteiger partial charge in [-0.05, 0) is 18.9 Å². The molecule has 1 aromatic carbocycles. The number of ether oxygens (including phenoxy) is 1. The molecule has 0 N–H and O–H groups in total. The molecule has 0 atom stereocenters. The Bertz CT molecular complexity index is 340. The first-order chi connectivity index (χ1) is 6.72. The van der Waals surface area contributed by atoms with Crippen LogP contribution in [0.2, 0.25) is 0 Å². The normalized spacial score (nSPS) is 10.4. The molecule has 0 aliphatic heterocycles. The van der Waals surface area contributed by atoms with E-state index >= 15 is 0 Å². The Balaban J connectivity index is 2.53. The molecule has 0 spiro atoms. The second-order valence-corrected chi connectivity index (χ2v) is 3.12. The highest BCUT2D eigenvalue weighted by molar-refractivity contribution is 5.81. The molecule has 74 valence electrons. The van der Waals surface area contributed by atoms with Crippen molar-refractivity contribution < 1.29 is 9.53 Å². The van der Waals surface area contributed by atoms with Crippen LogP contribution in [0.5, 0.6) is 0 Å². The maximum Gasteiger partial charge on any atom is 0.330 e. The van der Waals surface area contributed by atoms with Crippen LogP contribution in [-0.2, 0) is 16.0 Å². The number of allylic oxidation sites excluding steroid dienone is 1. The van der Waals surface area contributed by atoms with Gasteiger partial charge in [-0.1, -0.05) is 35.9 Å². The molecule has 0 saturated heterocycles. The molecule has 0 bridgehead atoms. The minimum absolute atomic E-state index is 0.308. The summed E-state index contributed by atoms with van der Waals surface area (Å²) in [5, 5.41) is 0. The van der Waals surface area contributed by atoms with E-state index in [1.54, 1.807) is 6.08 Å². The molecule has 0 aliphatic rings. The highest BCUT2D eigenvalue weighted by atomic mass is 16.5. The van der Waals surface area contributed by atoms with Crippen molar-refractivity contribution in [3.63, 3.8) is 0 Å². The number of hydrogen-bond acceptors (Lipinski definition) is 2. The molecular weight excluding hydrogens is 176 g/mol. The van der Waals surface area contributed by atoms with E-state index in [9.17, 15) is 4.79 Å². The summed E-state index contributed by atoms with van der Waals surface area (Å²) >= 11 is 0.